The van der Waals surface area contributed by atoms with E-state index in [9.17, 15) is 4.79 Å². The lowest BCUT2D eigenvalue weighted by atomic mass is 9.86. The molecule has 0 saturated carbocycles. The molecule has 116 valence electrons. The Morgan fingerprint density at radius 3 is 2.27 bits per heavy atom. The second-order valence-corrected chi connectivity index (χ2v) is 6.54. The van der Waals surface area contributed by atoms with E-state index in [1.807, 2.05) is 0 Å². The summed E-state index contributed by atoms with van der Waals surface area (Å²) in [5.41, 5.74) is 3.51. The zero-order valence-electron chi connectivity index (χ0n) is 13.6. The van der Waals surface area contributed by atoms with Gasteiger partial charge in [0.05, 0.1) is 0 Å². The minimum Gasteiger partial charge on any atom is -0.352 e. The van der Waals surface area contributed by atoms with Gasteiger partial charge in [0.2, 0.25) is 0 Å². The van der Waals surface area contributed by atoms with Crippen molar-refractivity contribution in [2.45, 2.75) is 39.0 Å². The Balaban J connectivity index is 1.76. The van der Waals surface area contributed by atoms with Crippen LogP contribution in [0.3, 0.4) is 0 Å². The average molecular weight is 296 g/mol. The van der Waals surface area contributed by atoms with Crippen molar-refractivity contribution >= 4 is 5.91 Å². The van der Waals surface area contributed by atoms with Crippen molar-refractivity contribution in [3.8, 4) is 0 Å². The van der Waals surface area contributed by atoms with Crippen molar-refractivity contribution in [2.75, 3.05) is 6.54 Å². The Bertz CT molecular complexity index is 598. The van der Waals surface area contributed by atoms with E-state index in [2.05, 4.69) is 55.3 Å². The highest BCUT2D eigenvalue weighted by atomic mass is 16.1. The van der Waals surface area contributed by atoms with Gasteiger partial charge >= 0.3 is 0 Å². The van der Waals surface area contributed by atoms with Gasteiger partial charge in [-0.1, -0.05) is 45.0 Å². The van der Waals surface area contributed by atoms with Gasteiger partial charge in [-0.3, -0.25) is 9.78 Å². The molecule has 1 N–H and O–H groups in total. The lowest BCUT2D eigenvalue weighted by molar-refractivity contribution is 0.0953. The molecule has 0 saturated heterocycles. The summed E-state index contributed by atoms with van der Waals surface area (Å²) in [6.45, 7) is 7.34. The van der Waals surface area contributed by atoms with Gasteiger partial charge in [0.1, 0.15) is 0 Å². The van der Waals surface area contributed by atoms with Crippen LogP contribution in [0.1, 0.15) is 48.7 Å². The summed E-state index contributed by atoms with van der Waals surface area (Å²) in [5, 5.41) is 2.94. The molecule has 0 aliphatic carbocycles. The van der Waals surface area contributed by atoms with Gasteiger partial charge in [0.25, 0.3) is 5.91 Å². The molecule has 0 fully saturated rings. The van der Waals surface area contributed by atoms with Crippen LogP contribution in [0.15, 0.2) is 48.8 Å². The average Bonchev–Trinajstić information content (AvgIpc) is 2.52. The maximum atomic E-state index is 11.9. The van der Waals surface area contributed by atoms with Crippen LogP contribution in [0.5, 0.6) is 0 Å². The van der Waals surface area contributed by atoms with E-state index >= 15 is 0 Å². The van der Waals surface area contributed by atoms with Crippen LogP contribution in [0, 0.1) is 0 Å². The van der Waals surface area contributed by atoms with Crippen LogP contribution in [-0.4, -0.2) is 17.4 Å². The highest BCUT2D eigenvalue weighted by molar-refractivity contribution is 5.93. The van der Waals surface area contributed by atoms with E-state index < -0.39 is 0 Å². The number of amides is 1. The summed E-state index contributed by atoms with van der Waals surface area (Å²) < 4.78 is 0. The maximum Gasteiger partial charge on any atom is 0.251 e. The molecular weight excluding hydrogens is 272 g/mol. The Morgan fingerprint density at radius 2 is 1.68 bits per heavy atom. The van der Waals surface area contributed by atoms with E-state index in [0.717, 1.165) is 12.8 Å². The van der Waals surface area contributed by atoms with Crippen molar-refractivity contribution < 1.29 is 4.79 Å². The number of aryl methyl sites for hydroxylation is 1. The van der Waals surface area contributed by atoms with Crippen LogP contribution in [0.25, 0.3) is 0 Å². The van der Waals surface area contributed by atoms with Gasteiger partial charge in [0, 0.05) is 24.5 Å². The lowest BCUT2D eigenvalue weighted by Crippen LogP contribution is -2.24. The number of hydrogen-bond donors (Lipinski definition) is 1. The molecule has 3 nitrogen and oxygen atoms in total. The normalized spacial score (nSPS) is 11.2. The van der Waals surface area contributed by atoms with Crippen LogP contribution in [-0.2, 0) is 11.8 Å². The van der Waals surface area contributed by atoms with E-state index in [1.165, 1.54) is 11.1 Å². The standard InChI is InChI=1S/C19H24N2O/c1-19(2,3)17-8-6-15(7-9-17)5-4-12-21-18(22)16-10-13-20-14-11-16/h6-11,13-14H,4-5,12H2,1-3H3,(H,21,22). The van der Waals surface area contributed by atoms with E-state index in [0.29, 0.717) is 12.1 Å². The quantitative estimate of drug-likeness (QED) is 0.854. The van der Waals surface area contributed by atoms with E-state index in [4.69, 9.17) is 0 Å². The molecule has 0 spiro atoms. The molecule has 0 aliphatic heterocycles. The number of carbonyl (C=O) groups excluding carboxylic acids is 1. The molecule has 1 amide bonds. The molecule has 1 aromatic heterocycles. The SMILES string of the molecule is CC(C)(C)c1ccc(CCCNC(=O)c2ccncc2)cc1. The maximum absolute atomic E-state index is 11.9. The largest absolute Gasteiger partial charge is 0.352 e. The smallest absolute Gasteiger partial charge is 0.251 e. The van der Waals surface area contributed by atoms with Crippen molar-refractivity contribution in [2.24, 2.45) is 0 Å². The fourth-order valence-electron chi connectivity index (χ4n) is 2.27. The number of aromatic nitrogens is 1. The van der Waals surface area contributed by atoms with Crippen LogP contribution < -0.4 is 5.32 Å². The Hall–Kier alpha value is -2.16. The van der Waals surface area contributed by atoms with Gasteiger partial charge in [-0.05, 0) is 41.5 Å². The Morgan fingerprint density at radius 1 is 1.05 bits per heavy atom. The van der Waals surface area contributed by atoms with Gasteiger partial charge in [-0.25, -0.2) is 0 Å². The predicted molar refractivity (Wildman–Crippen MR) is 90.0 cm³/mol. The third-order valence-electron chi connectivity index (χ3n) is 3.69. The molecule has 0 atom stereocenters. The van der Waals surface area contributed by atoms with E-state index in [1.54, 1.807) is 24.5 Å². The summed E-state index contributed by atoms with van der Waals surface area (Å²) in [6.07, 6.45) is 5.17. The summed E-state index contributed by atoms with van der Waals surface area (Å²) in [6, 6.07) is 12.2. The molecule has 3 heteroatoms. The Kier molecular flexibility index (Phi) is 5.31. The van der Waals surface area contributed by atoms with Gasteiger partial charge in [-0.2, -0.15) is 0 Å². The van der Waals surface area contributed by atoms with Crippen molar-refractivity contribution in [1.29, 1.82) is 0 Å². The van der Waals surface area contributed by atoms with Crippen molar-refractivity contribution in [3.05, 3.63) is 65.5 Å². The van der Waals surface area contributed by atoms with Crippen LogP contribution in [0.2, 0.25) is 0 Å². The fourth-order valence-corrected chi connectivity index (χ4v) is 2.27. The molecule has 1 aromatic carbocycles. The summed E-state index contributed by atoms with van der Waals surface area (Å²) in [7, 11) is 0. The fraction of sp³-hybridized carbons (Fsp3) is 0.368. The number of pyridine rings is 1. The molecule has 0 aliphatic rings. The van der Waals surface area contributed by atoms with Gasteiger partial charge in [0.15, 0.2) is 0 Å². The Labute approximate surface area is 132 Å². The molecule has 0 bridgehead atoms. The highest BCUT2D eigenvalue weighted by Gasteiger charge is 2.12. The molecule has 22 heavy (non-hydrogen) atoms. The topological polar surface area (TPSA) is 42.0 Å². The lowest BCUT2D eigenvalue weighted by Gasteiger charge is -2.19. The minimum atomic E-state index is -0.0366. The summed E-state index contributed by atoms with van der Waals surface area (Å²) in [5.74, 6) is -0.0366. The van der Waals surface area contributed by atoms with Crippen LogP contribution >= 0.6 is 0 Å². The molecule has 2 aromatic rings. The minimum absolute atomic E-state index is 0.0366. The number of nitrogens with one attached hydrogen (secondary N) is 1. The third-order valence-corrected chi connectivity index (χ3v) is 3.69. The monoisotopic (exact) mass is 296 g/mol. The highest BCUT2D eigenvalue weighted by Crippen LogP contribution is 2.22. The zero-order chi connectivity index (χ0) is 16.0. The molecule has 0 radical (unpaired) electrons. The first kappa shape index (κ1) is 16.2. The first-order chi connectivity index (χ1) is 10.5. The number of benzene rings is 1. The van der Waals surface area contributed by atoms with Crippen molar-refractivity contribution in [3.63, 3.8) is 0 Å². The van der Waals surface area contributed by atoms with Gasteiger partial charge in [-0.15, -0.1) is 0 Å². The summed E-state index contributed by atoms with van der Waals surface area (Å²) >= 11 is 0. The molecule has 2 rings (SSSR count). The number of rotatable bonds is 5. The molecule has 0 unspecified atom stereocenters. The second-order valence-electron chi connectivity index (χ2n) is 6.54. The number of hydrogen-bond acceptors (Lipinski definition) is 2. The molecule has 1 heterocycles. The molecular formula is C19H24N2O. The third kappa shape index (κ3) is 4.69. The second kappa shape index (κ2) is 7.21. The number of nitrogens with zero attached hydrogens (tertiary/aromatic N) is 1. The zero-order valence-corrected chi connectivity index (χ0v) is 13.6. The number of carbonyl (C=O) groups is 1. The van der Waals surface area contributed by atoms with E-state index in [-0.39, 0.29) is 11.3 Å². The predicted octanol–water partition coefficient (Wildman–Crippen LogP) is 3.74. The first-order valence-electron chi connectivity index (χ1n) is 7.74. The van der Waals surface area contributed by atoms with Crippen LogP contribution in [0.4, 0.5) is 0 Å². The van der Waals surface area contributed by atoms with Gasteiger partial charge < -0.3 is 5.32 Å². The first-order valence-corrected chi connectivity index (χ1v) is 7.74. The van der Waals surface area contributed by atoms with Crippen molar-refractivity contribution in [1.82, 2.24) is 10.3 Å². The summed E-state index contributed by atoms with van der Waals surface area (Å²) in [4.78, 5) is 15.8.